The van der Waals surface area contributed by atoms with Crippen LogP contribution in [0.1, 0.15) is 93.0 Å². The number of fused-ring (bicyclic) bond motifs is 1. The normalized spacial score (nSPS) is 30.5. The molecule has 4 fully saturated rings. The Morgan fingerprint density at radius 3 is 2.36 bits per heavy atom. The molecule has 1 atom stereocenters. The molecule has 5 aliphatic rings. The zero-order valence-electron chi connectivity index (χ0n) is 22.2. The van der Waals surface area contributed by atoms with Gasteiger partial charge in [0.2, 0.25) is 11.8 Å². The molecule has 1 unspecified atom stereocenters. The van der Waals surface area contributed by atoms with Crippen molar-refractivity contribution in [2.45, 2.75) is 107 Å². The molecule has 3 aliphatic carbocycles. The van der Waals surface area contributed by atoms with Crippen LogP contribution in [0.4, 0.5) is 18.9 Å². The molecule has 1 aromatic rings. The molecule has 39 heavy (non-hydrogen) atoms. The predicted octanol–water partition coefficient (Wildman–Crippen LogP) is 4.66. The second-order valence-corrected chi connectivity index (χ2v) is 12.6. The topological polar surface area (TPSA) is 90.5 Å². The number of anilines is 1. The molecular weight excluding hydrogens is 509 g/mol. The van der Waals surface area contributed by atoms with Crippen molar-refractivity contribution in [1.82, 2.24) is 15.5 Å². The first-order chi connectivity index (χ1) is 18.6. The third-order valence-corrected chi connectivity index (χ3v) is 10.0. The van der Waals surface area contributed by atoms with E-state index < -0.39 is 23.5 Å². The maximum atomic E-state index is 13.4. The van der Waals surface area contributed by atoms with Gasteiger partial charge in [0.1, 0.15) is 6.04 Å². The largest absolute Gasteiger partial charge is 0.395 e. The zero-order chi connectivity index (χ0) is 27.4. The highest BCUT2D eigenvalue weighted by Crippen LogP contribution is 2.57. The summed E-state index contributed by atoms with van der Waals surface area (Å²) in [5.41, 5.74) is 0.652. The van der Waals surface area contributed by atoms with Crippen molar-refractivity contribution >= 4 is 23.4 Å². The molecule has 3 N–H and O–H groups in total. The lowest BCUT2D eigenvalue weighted by Crippen LogP contribution is -2.52. The molecule has 2 aliphatic heterocycles. The van der Waals surface area contributed by atoms with Crippen molar-refractivity contribution < 1.29 is 27.6 Å². The first kappa shape index (κ1) is 26.6. The van der Waals surface area contributed by atoms with Gasteiger partial charge in [-0.15, -0.1) is 0 Å². The summed E-state index contributed by atoms with van der Waals surface area (Å²) in [5, 5.41) is 9.45. The number of hydrogen-bond donors (Lipinski definition) is 3. The van der Waals surface area contributed by atoms with E-state index in [4.69, 9.17) is 0 Å². The summed E-state index contributed by atoms with van der Waals surface area (Å²) in [7, 11) is 0. The Morgan fingerprint density at radius 1 is 1.00 bits per heavy atom. The highest BCUT2D eigenvalue weighted by molar-refractivity contribution is 6.06. The van der Waals surface area contributed by atoms with Crippen molar-refractivity contribution in [3.63, 3.8) is 0 Å². The van der Waals surface area contributed by atoms with Gasteiger partial charge in [0.05, 0.1) is 5.41 Å². The zero-order valence-corrected chi connectivity index (χ0v) is 22.2. The number of benzene rings is 1. The van der Waals surface area contributed by atoms with E-state index in [9.17, 15) is 27.6 Å². The van der Waals surface area contributed by atoms with E-state index in [1.807, 2.05) is 12.1 Å². The summed E-state index contributed by atoms with van der Waals surface area (Å²) in [5.74, 6) is -0.285. The summed E-state index contributed by atoms with van der Waals surface area (Å²) in [6.07, 6.45) is 4.82. The average molecular weight is 547 g/mol. The van der Waals surface area contributed by atoms with E-state index in [0.29, 0.717) is 24.4 Å². The minimum absolute atomic E-state index is 0.00863. The van der Waals surface area contributed by atoms with Crippen LogP contribution in [0.25, 0.3) is 0 Å². The number of carbonyl (C=O) groups is 3. The van der Waals surface area contributed by atoms with Gasteiger partial charge in [-0.3, -0.25) is 19.7 Å². The molecule has 212 valence electrons. The highest BCUT2D eigenvalue weighted by atomic mass is 19.4. The molecule has 7 nitrogen and oxygen atoms in total. The molecule has 0 bridgehead atoms. The van der Waals surface area contributed by atoms with Crippen LogP contribution < -0.4 is 16.0 Å². The van der Waals surface area contributed by atoms with Gasteiger partial charge in [0.15, 0.2) is 0 Å². The molecule has 0 aromatic heterocycles. The Balaban J connectivity index is 1.16. The fraction of sp³-hybridized carbons (Fsp3) is 0.690. The number of imide groups is 1. The maximum absolute atomic E-state index is 13.4. The Morgan fingerprint density at radius 2 is 1.74 bits per heavy atom. The van der Waals surface area contributed by atoms with E-state index in [-0.39, 0.29) is 49.2 Å². The van der Waals surface area contributed by atoms with Crippen LogP contribution in [-0.4, -0.2) is 53.0 Å². The first-order valence-corrected chi connectivity index (χ1v) is 14.4. The Labute approximate surface area is 226 Å². The quantitative estimate of drug-likeness (QED) is 0.413. The van der Waals surface area contributed by atoms with Crippen LogP contribution in [0.5, 0.6) is 0 Å². The summed E-state index contributed by atoms with van der Waals surface area (Å²) < 4.78 is 40.2. The van der Waals surface area contributed by atoms with Gasteiger partial charge in [0.25, 0.3) is 5.91 Å². The van der Waals surface area contributed by atoms with Crippen molar-refractivity contribution in [2.75, 3.05) is 11.9 Å². The molecule has 10 heteroatoms. The number of carbonyl (C=O) groups excluding carboxylic acids is 3. The van der Waals surface area contributed by atoms with Gasteiger partial charge >= 0.3 is 6.18 Å². The molecule has 0 radical (unpaired) electrons. The van der Waals surface area contributed by atoms with Crippen LogP contribution >= 0.6 is 0 Å². The van der Waals surface area contributed by atoms with Crippen molar-refractivity contribution in [3.8, 4) is 0 Å². The third-order valence-electron chi connectivity index (χ3n) is 10.0. The Kier molecular flexibility index (Phi) is 6.67. The predicted molar refractivity (Wildman–Crippen MR) is 139 cm³/mol. The standard InChI is InChI=1S/C29H37F3N4O3/c30-29(31,32)27(13-14-27)17-33-19-9-11-28(12-10-19,15-18-3-1-4-18)35-22-6-2-5-20-21(22)16-36(26(20)39)23-7-8-24(37)34-25(23)38/h2,5-6,18-19,23,33,35H,1,3-4,7-17H2,(H,34,37,38). The van der Waals surface area contributed by atoms with Gasteiger partial charge in [-0.05, 0) is 69.4 Å². The van der Waals surface area contributed by atoms with Gasteiger partial charge < -0.3 is 15.5 Å². The highest BCUT2D eigenvalue weighted by Gasteiger charge is 2.62. The maximum Gasteiger partial charge on any atom is 0.395 e. The summed E-state index contributed by atoms with van der Waals surface area (Å²) >= 11 is 0. The number of nitrogens with one attached hydrogen (secondary N) is 3. The summed E-state index contributed by atoms with van der Waals surface area (Å²) in [6, 6.07) is 5.07. The van der Waals surface area contributed by atoms with Crippen LogP contribution in [0, 0.1) is 11.3 Å². The lowest BCUT2D eigenvalue weighted by Gasteiger charge is -2.46. The smallest absolute Gasteiger partial charge is 0.379 e. The lowest BCUT2D eigenvalue weighted by molar-refractivity contribution is -0.186. The van der Waals surface area contributed by atoms with Gasteiger partial charge in [-0.2, -0.15) is 13.2 Å². The van der Waals surface area contributed by atoms with E-state index in [2.05, 4.69) is 16.0 Å². The number of nitrogens with zero attached hydrogens (tertiary/aromatic N) is 1. The van der Waals surface area contributed by atoms with Crippen molar-refractivity contribution in [2.24, 2.45) is 11.3 Å². The number of halogens is 3. The molecule has 3 amide bonds. The van der Waals surface area contributed by atoms with E-state index in [1.165, 1.54) is 19.3 Å². The first-order valence-electron chi connectivity index (χ1n) is 14.4. The van der Waals surface area contributed by atoms with Crippen molar-refractivity contribution in [1.29, 1.82) is 0 Å². The molecule has 1 saturated heterocycles. The fourth-order valence-electron chi connectivity index (χ4n) is 7.04. The Bertz CT molecular complexity index is 1150. The number of amides is 3. The van der Waals surface area contributed by atoms with Gasteiger partial charge in [-0.1, -0.05) is 25.3 Å². The summed E-state index contributed by atoms with van der Waals surface area (Å²) in [4.78, 5) is 39.0. The van der Waals surface area contributed by atoms with Crippen molar-refractivity contribution in [3.05, 3.63) is 29.3 Å². The van der Waals surface area contributed by atoms with Crippen LogP contribution in [-0.2, 0) is 16.1 Å². The molecule has 6 rings (SSSR count). The number of alkyl halides is 3. The average Bonchev–Trinajstić information content (AvgIpc) is 3.60. The van der Waals surface area contributed by atoms with E-state index >= 15 is 0 Å². The molecule has 2 heterocycles. The molecule has 0 spiro atoms. The minimum Gasteiger partial charge on any atom is -0.379 e. The van der Waals surface area contributed by atoms with Crippen LogP contribution in [0.3, 0.4) is 0 Å². The van der Waals surface area contributed by atoms with E-state index in [1.54, 1.807) is 11.0 Å². The van der Waals surface area contributed by atoms with Gasteiger partial charge in [-0.25, -0.2) is 0 Å². The Hall–Kier alpha value is -2.62. The molecular formula is C29H37F3N4O3. The summed E-state index contributed by atoms with van der Waals surface area (Å²) in [6.45, 7) is 0.321. The second-order valence-electron chi connectivity index (χ2n) is 12.6. The minimum atomic E-state index is -4.14. The third kappa shape index (κ3) is 5.05. The second kappa shape index (κ2) is 9.78. The van der Waals surface area contributed by atoms with E-state index in [0.717, 1.165) is 43.4 Å². The molecule has 1 aromatic carbocycles. The lowest BCUT2D eigenvalue weighted by atomic mass is 9.69. The van der Waals surface area contributed by atoms with Crippen LogP contribution in [0.2, 0.25) is 0 Å². The monoisotopic (exact) mass is 546 g/mol. The van der Waals surface area contributed by atoms with Crippen LogP contribution in [0.15, 0.2) is 18.2 Å². The fourth-order valence-corrected chi connectivity index (χ4v) is 7.04. The number of piperidine rings is 1. The number of rotatable bonds is 8. The van der Waals surface area contributed by atoms with Gasteiger partial charge in [0, 0.05) is 47.9 Å². The molecule has 3 saturated carbocycles. The number of hydrogen-bond acceptors (Lipinski definition) is 5. The SMILES string of the molecule is O=C1CCC(N2Cc3c(NC4(CC5CCC5)CCC(NCC5(C(F)(F)F)CC5)CC4)cccc3C2=O)C(=O)N1.